The highest BCUT2D eigenvalue weighted by Crippen LogP contribution is 2.02. The maximum absolute atomic E-state index is 12.8. The Bertz CT molecular complexity index is 234. The Balaban J connectivity index is 3.60. The van der Waals surface area contributed by atoms with Crippen molar-refractivity contribution in [2.24, 2.45) is 0 Å². The topological polar surface area (TPSA) is 26.0 Å². The monoisotopic (exact) mass is 115 g/mol. The Morgan fingerprint density at radius 1 is 1.62 bits per heavy atom. The second-order valence-electron chi connectivity index (χ2n) is 1.23. The molecule has 2 heteroatoms. The molecule has 0 aliphatic carbocycles. The summed E-state index contributed by atoms with van der Waals surface area (Å²) in [6.45, 7) is 0. The van der Waals surface area contributed by atoms with Crippen molar-refractivity contribution in [3.63, 3.8) is 0 Å². The van der Waals surface area contributed by atoms with E-state index >= 15 is 0 Å². The third-order valence-corrected chi connectivity index (χ3v) is 0.614. The van der Waals surface area contributed by atoms with Gasteiger partial charge in [-0.25, -0.2) is 4.39 Å². The third-order valence-electron chi connectivity index (χ3n) is 0.614. The SMILES string of the molecule is [2H]c1c([2H])c(N)c([2H])c(F)c1[2H]. The van der Waals surface area contributed by atoms with Gasteiger partial charge in [0.2, 0.25) is 0 Å². The lowest BCUT2D eigenvalue weighted by molar-refractivity contribution is 0.628. The molecule has 42 valence electrons. The van der Waals surface area contributed by atoms with Crippen LogP contribution in [0.15, 0.2) is 24.2 Å². The van der Waals surface area contributed by atoms with Crippen LogP contribution in [0.4, 0.5) is 10.1 Å². The molecule has 0 saturated heterocycles. The first-order chi connectivity index (χ1) is 5.46. The zero-order chi connectivity index (χ0) is 9.46. The number of nitrogens with two attached hydrogens (primary N) is 1. The number of anilines is 1. The normalized spacial score (nSPS) is 16.1. The van der Waals surface area contributed by atoms with Gasteiger partial charge < -0.3 is 5.73 Å². The van der Waals surface area contributed by atoms with Gasteiger partial charge >= 0.3 is 0 Å². The molecular weight excluding hydrogens is 105 g/mol. The van der Waals surface area contributed by atoms with Crippen LogP contribution in [0.25, 0.3) is 0 Å². The van der Waals surface area contributed by atoms with Crippen LogP contribution >= 0.6 is 0 Å². The Morgan fingerprint density at radius 2 is 2.38 bits per heavy atom. The predicted octanol–water partition coefficient (Wildman–Crippen LogP) is 1.41. The lowest BCUT2D eigenvalue weighted by Crippen LogP contribution is -1.83. The minimum atomic E-state index is -1.14. The van der Waals surface area contributed by atoms with Gasteiger partial charge in [0.15, 0.2) is 0 Å². The molecule has 0 fully saturated rings. The average Bonchev–Trinajstić information content (AvgIpc) is 2.08. The number of rotatable bonds is 0. The molecule has 0 aliphatic rings. The molecule has 0 spiro atoms. The fraction of sp³-hybridized carbons (Fsp3) is 0. The van der Waals surface area contributed by atoms with Crippen LogP contribution in [-0.2, 0) is 0 Å². The lowest BCUT2D eigenvalue weighted by Gasteiger charge is -1.88. The summed E-state index contributed by atoms with van der Waals surface area (Å²) in [4.78, 5) is 0. The zero-order valence-corrected chi connectivity index (χ0v) is 3.96. The van der Waals surface area contributed by atoms with E-state index in [1.807, 2.05) is 0 Å². The number of halogens is 1. The molecular formula is C6H6FN. The second-order valence-corrected chi connectivity index (χ2v) is 1.23. The summed E-state index contributed by atoms with van der Waals surface area (Å²) in [5.41, 5.74) is 4.74. The molecule has 0 saturated carbocycles. The summed E-state index contributed by atoms with van der Waals surface area (Å²) in [7, 11) is 0. The molecule has 0 atom stereocenters. The molecule has 0 amide bonds. The summed E-state index contributed by atoms with van der Waals surface area (Å²) in [5.74, 6) is -1.14. The van der Waals surface area contributed by atoms with Crippen LogP contribution in [0.5, 0.6) is 0 Å². The van der Waals surface area contributed by atoms with Gasteiger partial charge in [-0.3, -0.25) is 0 Å². The zero-order valence-electron chi connectivity index (χ0n) is 7.96. The lowest BCUT2D eigenvalue weighted by atomic mass is 10.3. The van der Waals surface area contributed by atoms with Crippen LogP contribution in [0.3, 0.4) is 0 Å². The van der Waals surface area contributed by atoms with Crippen molar-refractivity contribution in [1.82, 2.24) is 0 Å². The molecule has 1 rings (SSSR count). The van der Waals surface area contributed by atoms with E-state index in [9.17, 15) is 4.39 Å². The van der Waals surface area contributed by atoms with Gasteiger partial charge in [-0.1, -0.05) is 6.04 Å². The highest BCUT2D eigenvalue weighted by atomic mass is 19.1. The molecule has 0 aromatic heterocycles. The van der Waals surface area contributed by atoms with E-state index < -0.39 is 35.7 Å². The van der Waals surface area contributed by atoms with E-state index in [-0.39, 0.29) is 0 Å². The van der Waals surface area contributed by atoms with Gasteiger partial charge in [-0.05, 0) is 18.1 Å². The van der Waals surface area contributed by atoms with Crippen molar-refractivity contribution in [3.05, 3.63) is 30.0 Å². The standard InChI is InChI=1S/C6H6FN/c7-5-2-1-3-6(8)4-5/h1-4H,8H2/i1D,2D,3D,4D. The van der Waals surface area contributed by atoms with Gasteiger partial charge in [-0.2, -0.15) is 0 Å². The smallest absolute Gasteiger partial charge is 0.125 e. The van der Waals surface area contributed by atoms with Crippen LogP contribution in [0.1, 0.15) is 5.48 Å². The molecule has 8 heavy (non-hydrogen) atoms. The second kappa shape index (κ2) is 1.82. The summed E-state index contributed by atoms with van der Waals surface area (Å²) < 4.78 is 40.9. The van der Waals surface area contributed by atoms with Crippen molar-refractivity contribution in [2.75, 3.05) is 5.73 Å². The molecule has 0 unspecified atom stereocenters. The number of benzene rings is 1. The quantitative estimate of drug-likeness (QED) is 0.508. The fourth-order valence-corrected chi connectivity index (χ4v) is 0.334. The minimum Gasteiger partial charge on any atom is -0.399 e. The van der Waals surface area contributed by atoms with Gasteiger partial charge in [0, 0.05) is 5.69 Å². The highest BCUT2D eigenvalue weighted by Gasteiger charge is 1.85. The third kappa shape index (κ3) is 0.964. The molecule has 1 aromatic rings. The van der Waals surface area contributed by atoms with Crippen LogP contribution in [0.2, 0.25) is 0 Å². The molecule has 1 nitrogen and oxygen atoms in total. The van der Waals surface area contributed by atoms with Crippen LogP contribution in [0, 0.1) is 5.82 Å². The predicted molar refractivity (Wildman–Crippen MR) is 30.8 cm³/mol. The molecule has 0 heterocycles. The van der Waals surface area contributed by atoms with Crippen molar-refractivity contribution >= 4 is 5.69 Å². The largest absolute Gasteiger partial charge is 0.399 e. The van der Waals surface area contributed by atoms with E-state index in [1.54, 1.807) is 0 Å². The maximum Gasteiger partial charge on any atom is 0.125 e. The van der Waals surface area contributed by atoms with E-state index in [0.29, 0.717) is 0 Å². The summed E-state index contributed by atoms with van der Waals surface area (Å²) in [6.07, 6.45) is 0. The van der Waals surface area contributed by atoms with Crippen molar-refractivity contribution in [2.45, 2.75) is 0 Å². The Hall–Kier alpha value is -1.05. The Labute approximate surface area is 52.6 Å². The van der Waals surface area contributed by atoms with Gasteiger partial charge in [0.05, 0.1) is 5.48 Å². The molecule has 0 bridgehead atoms. The number of hydrogen-bond donors (Lipinski definition) is 1. The first-order valence-electron chi connectivity index (χ1n) is 3.98. The maximum atomic E-state index is 12.8. The molecule has 0 aliphatic heterocycles. The number of nitrogen functional groups attached to an aromatic ring is 1. The van der Waals surface area contributed by atoms with Gasteiger partial charge in [-0.15, -0.1) is 0 Å². The Kier molecular flexibility index (Phi) is 0.467. The van der Waals surface area contributed by atoms with Crippen molar-refractivity contribution in [1.29, 1.82) is 0 Å². The summed E-state index contributed by atoms with van der Waals surface area (Å²) >= 11 is 0. The van der Waals surface area contributed by atoms with E-state index in [0.717, 1.165) is 0 Å². The van der Waals surface area contributed by atoms with E-state index in [2.05, 4.69) is 0 Å². The molecule has 1 aromatic carbocycles. The first-order valence-corrected chi connectivity index (χ1v) is 1.98. The van der Waals surface area contributed by atoms with E-state index in [4.69, 9.17) is 11.2 Å². The van der Waals surface area contributed by atoms with Gasteiger partial charge in [0.1, 0.15) is 5.82 Å². The van der Waals surface area contributed by atoms with Crippen molar-refractivity contribution in [3.8, 4) is 0 Å². The van der Waals surface area contributed by atoms with Gasteiger partial charge in [0.25, 0.3) is 0 Å². The average molecular weight is 115 g/mol. The minimum absolute atomic E-state index is 0.395. The summed E-state index contributed by atoms with van der Waals surface area (Å²) in [6, 6.07) is -2.48. The van der Waals surface area contributed by atoms with Crippen LogP contribution < -0.4 is 5.73 Å². The molecule has 2 N–H and O–H groups in total. The fourth-order valence-electron chi connectivity index (χ4n) is 0.334. The van der Waals surface area contributed by atoms with Crippen molar-refractivity contribution < 1.29 is 9.87 Å². The van der Waals surface area contributed by atoms with E-state index in [1.165, 1.54) is 0 Å². The first kappa shape index (κ1) is 2.05. The Morgan fingerprint density at radius 3 is 3.12 bits per heavy atom. The number of hydrogen-bond acceptors (Lipinski definition) is 1. The molecule has 0 radical (unpaired) electrons. The van der Waals surface area contributed by atoms with Crippen LogP contribution in [-0.4, -0.2) is 0 Å². The highest BCUT2D eigenvalue weighted by molar-refractivity contribution is 5.36. The summed E-state index contributed by atoms with van der Waals surface area (Å²) in [5, 5.41) is 0.